The Balaban J connectivity index is 1.74. The summed E-state index contributed by atoms with van der Waals surface area (Å²) in [5.41, 5.74) is 0.543. The molecule has 1 saturated carbocycles. The summed E-state index contributed by atoms with van der Waals surface area (Å²) in [5.74, 6) is -0.576. The Kier molecular flexibility index (Phi) is 8.23. The van der Waals surface area contributed by atoms with Crippen LogP contribution in [0.1, 0.15) is 70.9 Å². The number of carboxylic acid groups (broad SMARTS) is 1. The van der Waals surface area contributed by atoms with Gasteiger partial charge in [-0.25, -0.2) is 18.1 Å². The number of carbonyl (C=O) groups excluding carboxylic acids is 1. The highest BCUT2D eigenvalue weighted by molar-refractivity contribution is 7.84. The molecule has 2 fully saturated rings. The van der Waals surface area contributed by atoms with Crippen molar-refractivity contribution in [2.24, 2.45) is 11.8 Å². The molecule has 4 rings (SSSR count). The predicted octanol–water partition coefficient (Wildman–Crippen LogP) is 5.03. The summed E-state index contributed by atoms with van der Waals surface area (Å²) in [6.45, 7) is 7.81. The maximum atomic E-state index is 15.1. The summed E-state index contributed by atoms with van der Waals surface area (Å²) < 4.78 is 31.4. The van der Waals surface area contributed by atoms with E-state index in [-0.39, 0.29) is 18.2 Å². The van der Waals surface area contributed by atoms with Crippen LogP contribution in [0.25, 0.3) is 0 Å². The Morgan fingerprint density at radius 2 is 1.84 bits per heavy atom. The second-order valence-corrected chi connectivity index (χ2v) is 13.5. The third-order valence-corrected chi connectivity index (χ3v) is 9.04. The highest BCUT2D eigenvalue weighted by atomic mass is 32.2. The molecular weight excluding hydrogens is 507 g/mol. The van der Waals surface area contributed by atoms with Gasteiger partial charge in [0.15, 0.2) is 0 Å². The zero-order chi connectivity index (χ0) is 27.7. The molecular formula is C28H37FN4O4S. The number of nitrogens with one attached hydrogen (secondary N) is 2. The summed E-state index contributed by atoms with van der Waals surface area (Å²) in [7, 11) is -1.46. The number of pyridine rings is 1. The molecule has 3 unspecified atom stereocenters. The highest BCUT2D eigenvalue weighted by Crippen LogP contribution is 2.42. The summed E-state index contributed by atoms with van der Waals surface area (Å²) in [6, 6.07) is 7.38. The number of anilines is 1. The minimum absolute atomic E-state index is 0.0244. The molecule has 1 saturated heterocycles. The number of hydrogen-bond acceptors (Lipinski definition) is 4. The lowest BCUT2D eigenvalue weighted by Crippen LogP contribution is -2.49. The SMILES string of the molecule is CC1CC(C(=O)Nc2cc(C(CCC3CC3)(N[S@](=O)C(C)(C)C)c3ccncc3)ccc2F)N(C(=O)O)C1. The number of likely N-dealkylation sites (tertiary alicyclic amines) is 1. The van der Waals surface area contributed by atoms with Crippen LogP contribution in [0.4, 0.5) is 14.9 Å². The van der Waals surface area contributed by atoms with Gasteiger partial charge in [0.2, 0.25) is 5.91 Å². The summed E-state index contributed by atoms with van der Waals surface area (Å²) in [5, 5.41) is 12.2. The number of hydrogen-bond donors (Lipinski definition) is 3. The normalized spacial score (nSPS) is 22.1. The van der Waals surface area contributed by atoms with Crippen LogP contribution in [0, 0.1) is 17.7 Å². The van der Waals surface area contributed by atoms with Crippen molar-refractivity contribution in [2.45, 2.75) is 76.1 Å². The molecule has 10 heteroatoms. The monoisotopic (exact) mass is 544 g/mol. The second-order valence-electron chi connectivity index (χ2n) is 11.6. The Morgan fingerprint density at radius 1 is 1.16 bits per heavy atom. The van der Waals surface area contributed by atoms with Gasteiger partial charge in [0.05, 0.1) is 27.0 Å². The van der Waals surface area contributed by atoms with E-state index in [1.54, 1.807) is 24.5 Å². The minimum atomic E-state index is -1.46. The first-order valence-corrected chi connectivity index (χ1v) is 14.3. The lowest BCUT2D eigenvalue weighted by Gasteiger charge is -2.38. The van der Waals surface area contributed by atoms with Gasteiger partial charge in [-0.1, -0.05) is 25.8 Å². The highest BCUT2D eigenvalue weighted by Gasteiger charge is 2.41. The first-order chi connectivity index (χ1) is 17.9. The van der Waals surface area contributed by atoms with E-state index in [1.165, 1.54) is 6.07 Å². The topological polar surface area (TPSA) is 112 Å². The molecule has 0 bridgehead atoms. The summed E-state index contributed by atoms with van der Waals surface area (Å²) in [6.07, 6.45) is 6.37. The molecule has 1 aromatic carbocycles. The van der Waals surface area contributed by atoms with Crippen LogP contribution < -0.4 is 10.0 Å². The van der Waals surface area contributed by atoms with Gasteiger partial charge >= 0.3 is 6.09 Å². The molecule has 2 heterocycles. The molecule has 38 heavy (non-hydrogen) atoms. The van der Waals surface area contributed by atoms with Crippen LogP contribution in [0.5, 0.6) is 0 Å². The average molecular weight is 545 g/mol. The van der Waals surface area contributed by atoms with Crippen molar-refractivity contribution in [3.8, 4) is 0 Å². The first kappa shape index (κ1) is 28.2. The van der Waals surface area contributed by atoms with E-state index in [9.17, 15) is 18.9 Å². The fraction of sp³-hybridized carbons (Fsp3) is 0.536. The average Bonchev–Trinajstić information content (AvgIpc) is 3.61. The molecule has 206 valence electrons. The molecule has 2 amide bonds. The van der Waals surface area contributed by atoms with Crippen molar-refractivity contribution in [1.82, 2.24) is 14.6 Å². The van der Waals surface area contributed by atoms with Crippen LogP contribution in [0.15, 0.2) is 42.7 Å². The van der Waals surface area contributed by atoms with E-state index in [4.69, 9.17) is 0 Å². The Bertz CT molecular complexity index is 1200. The predicted molar refractivity (Wildman–Crippen MR) is 145 cm³/mol. The van der Waals surface area contributed by atoms with Gasteiger partial charge in [0.25, 0.3) is 0 Å². The van der Waals surface area contributed by atoms with Crippen LogP contribution >= 0.6 is 0 Å². The number of rotatable bonds is 9. The van der Waals surface area contributed by atoms with Gasteiger partial charge in [-0.15, -0.1) is 0 Å². The third kappa shape index (κ3) is 6.23. The Labute approximate surface area is 226 Å². The van der Waals surface area contributed by atoms with Crippen molar-refractivity contribution >= 4 is 28.7 Å². The molecule has 2 aliphatic rings. The molecule has 8 nitrogen and oxygen atoms in total. The first-order valence-electron chi connectivity index (χ1n) is 13.1. The molecule has 1 aromatic heterocycles. The largest absolute Gasteiger partial charge is 0.465 e. The van der Waals surface area contributed by atoms with Crippen LogP contribution in [-0.2, 0) is 21.3 Å². The van der Waals surface area contributed by atoms with Crippen molar-refractivity contribution in [3.05, 3.63) is 59.7 Å². The van der Waals surface area contributed by atoms with Crippen molar-refractivity contribution in [3.63, 3.8) is 0 Å². The molecule has 2 aromatic rings. The fourth-order valence-corrected chi connectivity index (χ4v) is 5.97. The van der Waals surface area contributed by atoms with E-state index in [0.717, 1.165) is 29.7 Å². The lowest BCUT2D eigenvalue weighted by molar-refractivity contribution is -0.119. The molecule has 3 N–H and O–H groups in total. The van der Waals surface area contributed by atoms with E-state index >= 15 is 4.39 Å². The number of aromatic nitrogens is 1. The van der Waals surface area contributed by atoms with Gasteiger partial charge in [-0.2, -0.15) is 0 Å². The maximum Gasteiger partial charge on any atom is 0.407 e. The van der Waals surface area contributed by atoms with Crippen molar-refractivity contribution < 1.29 is 23.3 Å². The maximum absolute atomic E-state index is 15.1. The Morgan fingerprint density at radius 3 is 2.45 bits per heavy atom. The second kappa shape index (κ2) is 11.1. The zero-order valence-electron chi connectivity index (χ0n) is 22.4. The molecule has 0 spiro atoms. The fourth-order valence-electron chi connectivity index (χ4n) is 5.01. The molecule has 0 radical (unpaired) electrons. The van der Waals surface area contributed by atoms with Gasteiger partial charge in [-0.05, 0) is 87.3 Å². The van der Waals surface area contributed by atoms with Gasteiger partial charge < -0.3 is 10.4 Å². The van der Waals surface area contributed by atoms with E-state index < -0.39 is 45.1 Å². The van der Waals surface area contributed by atoms with Crippen LogP contribution in [0.3, 0.4) is 0 Å². The quantitative estimate of drug-likeness (QED) is 0.410. The van der Waals surface area contributed by atoms with Crippen LogP contribution in [-0.4, -0.2) is 48.5 Å². The lowest BCUT2D eigenvalue weighted by atomic mass is 9.79. The van der Waals surface area contributed by atoms with Gasteiger partial charge in [0, 0.05) is 18.9 Å². The van der Waals surface area contributed by atoms with E-state index in [2.05, 4.69) is 15.0 Å². The molecule has 1 aliphatic carbocycles. The minimum Gasteiger partial charge on any atom is -0.465 e. The Hall–Kier alpha value is -2.85. The van der Waals surface area contributed by atoms with Gasteiger partial charge in [-0.3, -0.25) is 14.7 Å². The number of carbonyl (C=O) groups is 2. The number of nitrogens with zero attached hydrogens (tertiary/aromatic N) is 2. The number of amides is 2. The molecule has 1 aliphatic heterocycles. The van der Waals surface area contributed by atoms with Gasteiger partial charge in [0.1, 0.15) is 11.9 Å². The van der Waals surface area contributed by atoms with E-state index in [0.29, 0.717) is 24.3 Å². The summed E-state index contributed by atoms with van der Waals surface area (Å²) in [4.78, 5) is 30.1. The third-order valence-electron chi connectivity index (χ3n) is 7.40. The zero-order valence-corrected chi connectivity index (χ0v) is 23.2. The van der Waals surface area contributed by atoms with E-state index in [1.807, 2.05) is 39.8 Å². The number of halogens is 1. The van der Waals surface area contributed by atoms with Crippen LogP contribution in [0.2, 0.25) is 0 Å². The molecule has 4 atom stereocenters. The standard InChI is InChI=1S/C28H37FN4O4S/c1-18-15-24(33(17-18)26(35)36)25(34)31-23-16-21(7-8-22(23)29)28(12-9-19-5-6-19,20-10-13-30-14-11-20)32-38(37)27(2,3)4/h7-8,10-11,13-14,16,18-19,24,32H,5-6,9,12,15,17H2,1-4H3,(H,31,34)(H,35,36)/t18?,24?,28?,38-/m1/s1. The summed E-state index contributed by atoms with van der Waals surface area (Å²) >= 11 is 0. The smallest absolute Gasteiger partial charge is 0.407 e. The van der Waals surface area contributed by atoms with Crippen molar-refractivity contribution in [2.75, 3.05) is 11.9 Å². The van der Waals surface area contributed by atoms with Crippen molar-refractivity contribution in [1.29, 1.82) is 0 Å². The number of benzene rings is 1.